The Morgan fingerprint density at radius 1 is 1.12 bits per heavy atom. The molecule has 0 bridgehead atoms. The van der Waals surface area contributed by atoms with Crippen molar-refractivity contribution in [3.63, 3.8) is 0 Å². The number of carbonyl (C=O) groups excluding carboxylic acids is 2. The molecule has 0 spiro atoms. The average Bonchev–Trinajstić information content (AvgIpc) is 3.34. The maximum Gasteiger partial charge on any atom is 0.258 e. The fourth-order valence-electron chi connectivity index (χ4n) is 3.95. The maximum atomic E-state index is 12.4. The topological polar surface area (TPSA) is 76.5 Å². The van der Waals surface area contributed by atoms with E-state index in [1.54, 1.807) is 17.0 Å². The highest BCUT2D eigenvalue weighted by Crippen LogP contribution is 2.25. The Bertz CT molecular complexity index is 1110. The van der Waals surface area contributed by atoms with Gasteiger partial charge in [0.2, 0.25) is 5.91 Å². The van der Waals surface area contributed by atoms with E-state index in [-0.39, 0.29) is 18.4 Å². The van der Waals surface area contributed by atoms with E-state index < -0.39 is 0 Å². The van der Waals surface area contributed by atoms with E-state index in [9.17, 15) is 9.59 Å². The number of anilines is 1. The molecule has 0 saturated carbocycles. The van der Waals surface area contributed by atoms with Crippen LogP contribution in [0.5, 0.6) is 5.75 Å². The molecule has 1 fully saturated rings. The molecule has 7 heteroatoms. The van der Waals surface area contributed by atoms with Crippen LogP contribution in [0.1, 0.15) is 35.4 Å². The van der Waals surface area contributed by atoms with Crippen molar-refractivity contribution in [1.82, 2.24) is 15.1 Å². The van der Waals surface area contributed by atoms with Crippen LogP contribution in [0.3, 0.4) is 0 Å². The van der Waals surface area contributed by atoms with Gasteiger partial charge in [0.05, 0.1) is 12.2 Å². The number of benzene rings is 2. The molecule has 1 aliphatic rings. The number of aryl methyl sites for hydroxylation is 1. The standard InChI is InChI=1S/C25H28N4O3/c1-18-23(19(2)29(27-18)16-20-8-4-3-5-9-20)15-26-24(30)17-32-22-11-6-10-21(14-22)28-13-7-12-25(28)31/h3-6,8-11,14H,7,12-13,15-17H2,1-2H3,(H,26,30). The van der Waals surface area contributed by atoms with Crippen molar-refractivity contribution < 1.29 is 14.3 Å². The smallest absolute Gasteiger partial charge is 0.258 e. The van der Waals surface area contributed by atoms with E-state index in [0.29, 0.717) is 25.3 Å². The van der Waals surface area contributed by atoms with Gasteiger partial charge in [0, 0.05) is 42.5 Å². The number of aromatic nitrogens is 2. The van der Waals surface area contributed by atoms with Crippen LogP contribution in [-0.4, -0.2) is 34.7 Å². The molecule has 0 unspecified atom stereocenters. The molecule has 4 rings (SSSR count). The third kappa shape index (κ3) is 4.99. The Hall–Kier alpha value is -3.61. The highest BCUT2D eigenvalue weighted by molar-refractivity contribution is 5.95. The van der Waals surface area contributed by atoms with Crippen molar-refractivity contribution in [2.75, 3.05) is 18.1 Å². The lowest BCUT2D eigenvalue weighted by molar-refractivity contribution is -0.123. The van der Waals surface area contributed by atoms with Crippen molar-refractivity contribution in [3.8, 4) is 5.75 Å². The minimum absolute atomic E-state index is 0.0896. The van der Waals surface area contributed by atoms with Gasteiger partial charge in [-0.3, -0.25) is 14.3 Å². The second kappa shape index (κ2) is 9.68. The van der Waals surface area contributed by atoms with Gasteiger partial charge in [-0.15, -0.1) is 0 Å². The van der Waals surface area contributed by atoms with Gasteiger partial charge < -0.3 is 15.0 Å². The fraction of sp³-hybridized carbons (Fsp3) is 0.320. The lowest BCUT2D eigenvalue weighted by Gasteiger charge is -2.16. The summed E-state index contributed by atoms with van der Waals surface area (Å²) in [6.07, 6.45) is 1.45. The van der Waals surface area contributed by atoms with Crippen LogP contribution in [-0.2, 0) is 22.7 Å². The molecule has 1 N–H and O–H groups in total. The second-order valence-electron chi connectivity index (χ2n) is 8.00. The number of nitrogens with zero attached hydrogens (tertiary/aromatic N) is 3. The Morgan fingerprint density at radius 2 is 1.94 bits per heavy atom. The van der Waals surface area contributed by atoms with Crippen molar-refractivity contribution in [3.05, 3.63) is 77.1 Å². The third-order valence-electron chi connectivity index (χ3n) is 5.74. The van der Waals surface area contributed by atoms with Crippen LogP contribution in [0.25, 0.3) is 0 Å². The molecule has 2 heterocycles. The number of hydrogen-bond acceptors (Lipinski definition) is 4. The number of hydrogen-bond donors (Lipinski definition) is 1. The first-order valence-electron chi connectivity index (χ1n) is 10.9. The van der Waals surface area contributed by atoms with E-state index in [4.69, 9.17) is 4.74 Å². The maximum absolute atomic E-state index is 12.4. The summed E-state index contributed by atoms with van der Waals surface area (Å²) in [7, 11) is 0. The lowest BCUT2D eigenvalue weighted by Crippen LogP contribution is -2.29. The molecule has 166 valence electrons. The quantitative estimate of drug-likeness (QED) is 0.592. The summed E-state index contributed by atoms with van der Waals surface area (Å²) < 4.78 is 7.63. The zero-order valence-electron chi connectivity index (χ0n) is 18.5. The Morgan fingerprint density at radius 3 is 2.69 bits per heavy atom. The number of amides is 2. The van der Waals surface area contributed by atoms with Gasteiger partial charge in [0.1, 0.15) is 5.75 Å². The largest absolute Gasteiger partial charge is 0.484 e. The number of nitrogens with one attached hydrogen (secondary N) is 1. The highest BCUT2D eigenvalue weighted by Gasteiger charge is 2.22. The van der Waals surface area contributed by atoms with E-state index in [0.717, 1.165) is 35.6 Å². The summed E-state index contributed by atoms with van der Waals surface area (Å²) >= 11 is 0. The Kier molecular flexibility index (Phi) is 6.54. The van der Waals surface area contributed by atoms with Gasteiger partial charge in [-0.25, -0.2) is 0 Å². The first kappa shape index (κ1) is 21.6. The predicted molar refractivity (Wildman–Crippen MR) is 123 cm³/mol. The summed E-state index contributed by atoms with van der Waals surface area (Å²) in [5, 5.41) is 7.56. The number of ether oxygens (including phenoxy) is 1. The van der Waals surface area contributed by atoms with Crippen LogP contribution in [0.2, 0.25) is 0 Å². The van der Waals surface area contributed by atoms with Gasteiger partial charge in [-0.05, 0) is 38.0 Å². The minimum atomic E-state index is -0.206. The molecule has 1 aromatic heterocycles. The van der Waals surface area contributed by atoms with Gasteiger partial charge in [-0.1, -0.05) is 36.4 Å². The van der Waals surface area contributed by atoms with Crippen molar-refractivity contribution in [2.45, 2.75) is 39.8 Å². The van der Waals surface area contributed by atoms with Crippen LogP contribution >= 0.6 is 0 Å². The molecule has 0 aliphatic carbocycles. The molecular formula is C25H28N4O3. The van der Waals surface area contributed by atoms with Crippen molar-refractivity contribution in [2.24, 2.45) is 0 Å². The lowest BCUT2D eigenvalue weighted by atomic mass is 10.2. The molecule has 0 atom stereocenters. The second-order valence-corrected chi connectivity index (χ2v) is 8.00. The molecule has 1 saturated heterocycles. The Balaban J connectivity index is 1.31. The summed E-state index contributed by atoms with van der Waals surface area (Å²) in [6, 6.07) is 17.5. The van der Waals surface area contributed by atoms with E-state index >= 15 is 0 Å². The van der Waals surface area contributed by atoms with Crippen LogP contribution in [0, 0.1) is 13.8 Å². The van der Waals surface area contributed by atoms with Crippen LogP contribution in [0.4, 0.5) is 5.69 Å². The number of carbonyl (C=O) groups is 2. The van der Waals surface area contributed by atoms with Crippen LogP contribution in [0.15, 0.2) is 54.6 Å². The van der Waals surface area contributed by atoms with Crippen molar-refractivity contribution >= 4 is 17.5 Å². The molecular weight excluding hydrogens is 404 g/mol. The predicted octanol–water partition coefficient (Wildman–Crippen LogP) is 3.37. The minimum Gasteiger partial charge on any atom is -0.484 e. The zero-order chi connectivity index (χ0) is 22.5. The third-order valence-corrected chi connectivity index (χ3v) is 5.74. The molecule has 32 heavy (non-hydrogen) atoms. The molecule has 2 amide bonds. The van der Waals surface area contributed by atoms with Crippen LogP contribution < -0.4 is 15.0 Å². The normalized spacial score (nSPS) is 13.4. The Labute approximate surface area is 188 Å². The first-order chi connectivity index (χ1) is 15.5. The molecule has 0 radical (unpaired) electrons. The SMILES string of the molecule is Cc1nn(Cc2ccccc2)c(C)c1CNC(=O)COc1cccc(N2CCCC2=O)c1. The summed E-state index contributed by atoms with van der Waals surface area (Å²) in [6.45, 7) is 5.70. The van der Waals surface area contributed by atoms with Gasteiger partial charge >= 0.3 is 0 Å². The average molecular weight is 433 g/mol. The summed E-state index contributed by atoms with van der Waals surface area (Å²) in [4.78, 5) is 26.1. The van der Waals surface area contributed by atoms with E-state index in [2.05, 4.69) is 22.5 Å². The first-order valence-corrected chi connectivity index (χ1v) is 10.9. The zero-order valence-corrected chi connectivity index (χ0v) is 18.5. The van der Waals surface area contributed by atoms with Gasteiger partial charge in [-0.2, -0.15) is 5.10 Å². The van der Waals surface area contributed by atoms with Gasteiger partial charge in [0.25, 0.3) is 5.91 Å². The van der Waals surface area contributed by atoms with E-state index in [1.165, 1.54) is 5.56 Å². The molecule has 1 aliphatic heterocycles. The summed E-state index contributed by atoms with van der Waals surface area (Å²) in [5.74, 6) is 0.487. The summed E-state index contributed by atoms with van der Waals surface area (Å²) in [5.41, 5.74) is 4.95. The number of rotatable bonds is 8. The molecule has 7 nitrogen and oxygen atoms in total. The van der Waals surface area contributed by atoms with E-state index in [1.807, 2.05) is 48.9 Å². The molecule has 3 aromatic rings. The molecule has 2 aromatic carbocycles. The monoisotopic (exact) mass is 432 g/mol. The fourth-order valence-corrected chi connectivity index (χ4v) is 3.95. The highest BCUT2D eigenvalue weighted by atomic mass is 16.5. The van der Waals surface area contributed by atoms with Crippen molar-refractivity contribution in [1.29, 1.82) is 0 Å². The van der Waals surface area contributed by atoms with Gasteiger partial charge in [0.15, 0.2) is 6.61 Å².